The fraction of sp³-hybridized carbons (Fsp3) is 0.211. The van der Waals surface area contributed by atoms with Crippen LogP contribution in [0.2, 0.25) is 0 Å². The van der Waals surface area contributed by atoms with Crippen molar-refractivity contribution in [3.05, 3.63) is 62.9 Å². The summed E-state index contributed by atoms with van der Waals surface area (Å²) in [6, 6.07) is 8.74. The van der Waals surface area contributed by atoms with E-state index in [-0.39, 0.29) is 11.2 Å². The van der Waals surface area contributed by atoms with Gasteiger partial charge in [0.2, 0.25) is 0 Å². The zero-order valence-corrected chi connectivity index (χ0v) is 15.8. The topological polar surface area (TPSA) is 76.0 Å². The molecule has 138 valence electrons. The summed E-state index contributed by atoms with van der Waals surface area (Å²) in [5.74, 6) is 0.259. The summed E-state index contributed by atoms with van der Waals surface area (Å²) >= 11 is 3.17. The summed E-state index contributed by atoms with van der Waals surface area (Å²) < 4.78 is 16.1. The van der Waals surface area contributed by atoms with Gasteiger partial charge in [-0.2, -0.15) is 0 Å². The van der Waals surface area contributed by atoms with E-state index in [1.807, 2.05) is 0 Å². The Hall–Kier alpha value is -2.74. The Balaban J connectivity index is 1.59. The Labute approximate surface area is 162 Å². The maximum atomic E-state index is 13.8. The highest BCUT2D eigenvalue weighted by molar-refractivity contribution is 9.10. The third kappa shape index (κ3) is 3.57. The first-order valence-corrected chi connectivity index (χ1v) is 9.37. The van der Waals surface area contributed by atoms with Crippen LogP contribution in [0.25, 0.3) is 10.9 Å². The van der Waals surface area contributed by atoms with E-state index in [1.165, 1.54) is 12.1 Å². The summed E-state index contributed by atoms with van der Waals surface area (Å²) in [5.41, 5.74) is 1.01. The number of hydrogen-bond donors (Lipinski definition) is 2. The van der Waals surface area contributed by atoms with E-state index < -0.39 is 11.8 Å². The Kier molecular flexibility index (Phi) is 4.65. The van der Waals surface area contributed by atoms with Gasteiger partial charge in [0, 0.05) is 23.1 Å². The number of halogens is 2. The summed E-state index contributed by atoms with van der Waals surface area (Å²) in [6.07, 6.45) is 2.79. The highest BCUT2D eigenvalue weighted by Gasteiger charge is 2.15. The molecule has 0 bridgehead atoms. The van der Waals surface area contributed by atoms with Crippen molar-refractivity contribution >= 4 is 44.2 Å². The summed E-state index contributed by atoms with van der Waals surface area (Å²) in [7, 11) is 0. The average molecular weight is 431 g/mol. The van der Waals surface area contributed by atoms with Gasteiger partial charge in [0.25, 0.3) is 5.56 Å². The molecule has 3 aromatic rings. The third-order valence-electron chi connectivity index (χ3n) is 4.50. The first-order valence-electron chi connectivity index (χ1n) is 8.58. The summed E-state index contributed by atoms with van der Waals surface area (Å²) in [6.45, 7) is 0.665. The molecule has 1 aliphatic rings. The molecule has 0 fully saturated rings. The predicted octanol–water partition coefficient (Wildman–Crippen LogP) is 4.28. The van der Waals surface area contributed by atoms with Gasteiger partial charge < -0.3 is 10.6 Å². The predicted molar refractivity (Wildman–Crippen MR) is 106 cm³/mol. The molecule has 1 aliphatic heterocycles. The first-order chi connectivity index (χ1) is 13.0. The molecule has 0 saturated carbocycles. The van der Waals surface area contributed by atoms with Crippen molar-refractivity contribution in [1.29, 1.82) is 0 Å². The van der Waals surface area contributed by atoms with E-state index in [1.54, 1.807) is 28.8 Å². The Bertz CT molecular complexity index is 1110. The number of aryl methyl sites for hydroxylation is 1. The average Bonchev–Trinajstić information content (AvgIpc) is 2.65. The first kappa shape index (κ1) is 17.7. The number of hydrogen-bond acceptors (Lipinski definition) is 3. The van der Waals surface area contributed by atoms with Crippen molar-refractivity contribution in [2.75, 3.05) is 10.6 Å². The minimum Gasteiger partial charge on any atom is -0.308 e. The molecule has 2 heterocycles. The summed E-state index contributed by atoms with van der Waals surface area (Å²) in [5, 5.41) is 5.53. The van der Waals surface area contributed by atoms with Gasteiger partial charge in [-0.3, -0.25) is 9.36 Å². The van der Waals surface area contributed by atoms with Crippen molar-refractivity contribution in [3.8, 4) is 0 Å². The van der Waals surface area contributed by atoms with Gasteiger partial charge in [-0.05, 0) is 49.2 Å². The smallest absolute Gasteiger partial charge is 0.308 e. The number of carbonyl (C=O) groups is 1. The van der Waals surface area contributed by atoms with Gasteiger partial charge >= 0.3 is 6.03 Å². The van der Waals surface area contributed by atoms with E-state index in [4.69, 9.17) is 0 Å². The summed E-state index contributed by atoms with van der Waals surface area (Å²) in [4.78, 5) is 29.5. The van der Waals surface area contributed by atoms with Crippen LogP contribution in [0.15, 0.2) is 45.7 Å². The minimum absolute atomic E-state index is 0.0623. The second-order valence-electron chi connectivity index (χ2n) is 6.38. The molecule has 0 atom stereocenters. The molecule has 27 heavy (non-hydrogen) atoms. The van der Waals surface area contributed by atoms with Crippen molar-refractivity contribution < 1.29 is 9.18 Å². The van der Waals surface area contributed by atoms with Gasteiger partial charge in [-0.15, -0.1) is 0 Å². The van der Waals surface area contributed by atoms with Crippen molar-refractivity contribution in [3.63, 3.8) is 0 Å². The zero-order valence-electron chi connectivity index (χ0n) is 14.3. The molecular weight excluding hydrogens is 415 g/mol. The number of nitrogens with zero attached hydrogens (tertiary/aromatic N) is 2. The molecule has 0 saturated heterocycles. The number of urea groups is 1. The normalized spacial score (nSPS) is 13.3. The lowest BCUT2D eigenvalue weighted by Crippen LogP contribution is -2.28. The van der Waals surface area contributed by atoms with Gasteiger partial charge in [0.05, 0.1) is 16.6 Å². The maximum Gasteiger partial charge on any atom is 0.323 e. The molecule has 0 unspecified atom stereocenters. The zero-order chi connectivity index (χ0) is 19.0. The van der Waals surface area contributed by atoms with Crippen LogP contribution in [0, 0.1) is 5.82 Å². The molecular formula is C19H16BrFN4O2. The number of benzene rings is 2. The van der Waals surface area contributed by atoms with Gasteiger partial charge in [0.15, 0.2) is 0 Å². The van der Waals surface area contributed by atoms with E-state index in [0.717, 1.165) is 25.1 Å². The molecule has 0 radical (unpaired) electrons. The quantitative estimate of drug-likeness (QED) is 0.636. The van der Waals surface area contributed by atoms with Crippen LogP contribution in [0.4, 0.5) is 20.6 Å². The SMILES string of the molecule is O=C(Nc1ccc2nc3n(c(=O)c2c1)CCCC3)Nc1ccc(Br)cc1F. The molecule has 6 nitrogen and oxygen atoms in total. The van der Waals surface area contributed by atoms with Gasteiger partial charge in [-0.1, -0.05) is 15.9 Å². The molecule has 1 aromatic heterocycles. The van der Waals surface area contributed by atoms with Crippen LogP contribution < -0.4 is 16.2 Å². The van der Waals surface area contributed by atoms with Crippen LogP contribution >= 0.6 is 15.9 Å². The molecule has 0 aliphatic carbocycles. The monoisotopic (exact) mass is 430 g/mol. The van der Waals surface area contributed by atoms with Crippen LogP contribution in [0.5, 0.6) is 0 Å². The molecule has 2 N–H and O–H groups in total. The fourth-order valence-corrected chi connectivity index (χ4v) is 3.53. The molecule has 2 amide bonds. The molecule has 8 heteroatoms. The lowest BCUT2D eigenvalue weighted by atomic mass is 10.1. The third-order valence-corrected chi connectivity index (χ3v) is 5.00. The lowest BCUT2D eigenvalue weighted by molar-refractivity contribution is 0.262. The Morgan fingerprint density at radius 3 is 2.81 bits per heavy atom. The van der Waals surface area contributed by atoms with E-state index in [0.29, 0.717) is 27.6 Å². The van der Waals surface area contributed by atoms with Crippen LogP contribution in [-0.2, 0) is 13.0 Å². The van der Waals surface area contributed by atoms with Crippen molar-refractivity contribution in [1.82, 2.24) is 9.55 Å². The number of rotatable bonds is 2. The van der Waals surface area contributed by atoms with Crippen molar-refractivity contribution in [2.24, 2.45) is 0 Å². The number of amides is 2. The number of carbonyl (C=O) groups excluding carboxylic acids is 1. The second-order valence-corrected chi connectivity index (χ2v) is 7.29. The van der Waals surface area contributed by atoms with E-state index >= 15 is 0 Å². The largest absolute Gasteiger partial charge is 0.323 e. The number of anilines is 2. The fourth-order valence-electron chi connectivity index (χ4n) is 3.19. The Morgan fingerprint density at radius 2 is 2.00 bits per heavy atom. The van der Waals surface area contributed by atoms with Crippen LogP contribution in [0.1, 0.15) is 18.7 Å². The van der Waals surface area contributed by atoms with Crippen LogP contribution in [-0.4, -0.2) is 15.6 Å². The second kappa shape index (κ2) is 7.11. The highest BCUT2D eigenvalue weighted by atomic mass is 79.9. The van der Waals surface area contributed by atoms with Crippen LogP contribution in [0.3, 0.4) is 0 Å². The minimum atomic E-state index is -0.596. The Morgan fingerprint density at radius 1 is 1.15 bits per heavy atom. The van der Waals surface area contributed by atoms with Gasteiger partial charge in [-0.25, -0.2) is 14.2 Å². The van der Waals surface area contributed by atoms with E-state index in [9.17, 15) is 14.0 Å². The number of nitrogens with one attached hydrogen (secondary N) is 2. The van der Waals surface area contributed by atoms with Crippen molar-refractivity contribution in [2.45, 2.75) is 25.8 Å². The maximum absolute atomic E-state index is 13.8. The highest BCUT2D eigenvalue weighted by Crippen LogP contribution is 2.21. The van der Waals surface area contributed by atoms with E-state index in [2.05, 4.69) is 31.5 Å². The standard InChI is InChI=1S/C19H16BrFN4O2/c20-11-4-6-16(14(21)9-11)24-19(27)22-12-5-7-15-13(10-12)18(26)25-8-2-1-3-17(25)23-15/h4-7,9-10H,1-3,8H2,(H2,22,24,27). The molecule has 4 rings (SSSR count). The number of aromatic nitrogens is 2. The lowest BCUT2D eigenvalue weighted by Gasteiger charge is -2.18. The number of fused-ring (bicyclic) bond motifs is 2. The molecule has 2 aromatic carbocycles. The molecule has 0 spiro atoms. The van der Waals surface area contributed by atoms with Gasteiger partial charge in [0.1, 0.15) is 11.6 Å².